The van der Waals surface area contributed by atoms with Crippen LogP contribution in [-0.2, 0) is 46.6 Å². The highest BCUT2D eigenvalue weighted by atomic mass is 31.2. The summed E-state index contributed by atoms with van der Waals surface area (Å²) in [7, 11) is -11.5. The minimum absolute atomic E-state index is 0.110. The summed E-state index contributed by atoms with van der Waals surface area (Å²) in [6.07, 6.45) is 10.4. The minimum Gasteiger partial charge on any atom is -0.462 e. The normalized spacial score (nSPS) is 30.6. The molecule has 0 spiro atoms. The predicted molar refractivity (Wildman–Crippen MR) is 260 cm³/mol. The van der Waals surface area contributed by atoms with Crippen LogP contribution in [0.2, 0.25) is 0 Å². The molecule has 1 saturated carbocycles. The van der Waals surface area contributed by atoms with Crippen molar-refractivity contribution in [2.45, 2.75) is 204 Å². The van der Waals surface area contributed by atoms with Gasteiger partial charge in [0.15, 0.2) is 6.10 Å². The summed E-state index contributed by atoms with van der Waals surface area (Å²) in [4.78, 5) is 70.6. The van der Waals surface area contributed by atoms with Crippen LogP contribution in [0.4, 0.5) is 0 Å². The highest BCUT2D eigenvalue weighted by Crippen LogP contribution is 2.49. The lowest BCUT2D eigenvalue weighted by Crippen LogP contribution is -2.56. The maximum atomic E-state index is 13.9. The fraction of sp³-hybridized carbons (Fsp3) is 0.735. The Morgan fingerprint density at radius 3 is 2.13 bits per heavy atom. The van der Waals surface area contributed by atoms with Crippen LogP contribution < -0.4 is 0 Å². The van der Waals surface area contributed by atoms with Crippen molar-refractivity contribution in [2.75, 3.05) is 13.2 Å². The van der Waals surface area contributed by atoms with Crippen LogP contribution in [0, 0.1) is 11.8 Å². The van der Waals surface area contributed by atoms with Crippen molar-refractivity contribution in [3.8, 4) is 0 Å². The minimum atomic E-state index is -5.81. The van der Waals surface area contributed by atoms with Crippen LogP contribution in [0.25, 0.3) is 0 Å². The number of hydrogen-bond acceptors (Lipinski definition) is 16. The second-order valence-corrected chi connectivity index (χ2v) is 20.6. The quantitative estimate of drug-likeness (QED) is 0.0218. The van der Waals surface area contributed by atoms with E-state index in [1.807, 2.05) is 25.2 Å². The van der Waals surface area contributed by atoms with Crippen LogP contribution in [0.15, 0.2) is 60.8 Å². The van der Waals surface area contributed by atoms with Crippen molar-refractivity contribution in [1.29, 1.82) is 0 Å². The van der Waals surface area contributed by atoms with Gasteiger partial charge in [-0.3, -0.25) is 28.0 Å². The molecule has 0 aromatic carbocycles. The van der Waals surface area contributed by atoms with Crippen molar-refractivity contribution >= 4 is 33.4 Å². The van der Waals surface area contributed by atoms with Crippen molar-refractivity contribution in [3.05, 3.63) is 60.8 Å². The van der Waals surface area contributed by atoms with Crippen LogP contribution in [0.1, 0.15) is 149 Å². The summed E-state index contributed by atoms with van der Waals surface area (Å²) < 4.78 is 52.1. The first-order chi connectivity index (χ1) is 33.3. The number of rotatable bonds is 24. The lowest BCUT2D eigenvalue weighted by Gasteiger charge is -2.38. The highest BCUT2D eigenvalue weighted by molar-refractivity contribution is 7.47. The average molecular weight is 1040 g/mol. The van der Waals surface area contributed by atoms with Crippen molar-refractivity contribution in [2.24, 2.45) is 11.8 Å². The molecule has 1 unspecified atom stereocenters. The molecule has 0 amide bonds. The SMILES string of the molecule is CCCCCCCC/C=C\C/C=C\C/C=C\CCCC(=O)O[C@@H]1COC(=O)CCC/C=C\C[C@@H]2[C@@H](O)[C@H](O)[C@@H](O)[C@H](OP(=O)(O)OC1)[C@H](OP(=O)(O)O)[C@H](O)[C@@H](/C=C/[C@@H](O)CCCCC)C(=O)C[C@@H]2O. The number of carbonyl (C=O) groups is 3. The topological polar surface area (TPSA) is 314 Å². The third-order valence-electron chi connectivity index (χ3n) is 11.9. The smallest absolute Gasteiger partial charge is 0.462 e. The Kier molecular flexibility index (Phi) is 32.1. The van der Waals surface area contributed by atoms with E-state index in [-0.39, 0.29) is 38.5 Å². The summed E-state index contributed by atoms with van der Waals surface area (Å²) in [5.74, 6) is -5.89. The number of hydrogen-bond donors (Lipinski definition) is 9. The van der Waals surface area contributed by atoms with Crippen molar-refractivity contribution in [1.82, 2.24) is 0 Å². The van der Waals surface area contributed by atoms with E-state index in [2.05, 4.69) is 25.2 Å². The van der Waals surface area contributed by atoms with Gasteiger partial charge in [0.2, 0.25) is 0 Å². The molecule has 1 aliphatic carbocycles. The number of ketones is 1. The number of unbranched alkanes of at least 4 members (excludes halogenated alkanes) is 9. The number of cyclic esters (lactones) is 1. The van der Waals surface area contributed by atoms with Crippen LogP contribution in [-0.4, -0.2) is 131 Å². The van der Waals surface area contributed by atoms with E-state index in [0.29, 0.717) is 25.7 Å². The molecule has 402 valence electrons. The molecular formula is C49H82O19P2. The van der Waals surface area contributed by atoms with Crippen LogP contribution >= 0.6 is 15.6 Å². The summed E-state index contributed by atoms with van der Waals surface area (Å²) >= 11 is 0. The number of Topliss-reactive ketones (excluding diaryl/α,β-unsaturated/α-hetero) is 1. The summed E-state index contributed by atoms with van der Waals surface area (Å²) in [5.41, 5.74) is 0. The van der Waals surface area contributed by atoms with Crippen LogP contribution in [0.3, 0.4) is 0 Å². The standard InChI is InChI=1S/C49H82O19P2/c1-3-5-7-8-9-10-11-12-13-14-15-16-17-18-19-20-26-30-43(54)66-37-34-64-42(53)29-25-22-21-24-28-38-40(51)33-41(52)39(32-31-36(50)27-23-6-4-2)45(56)48(67-69(59,60)61)49(47(58)46(57)44(38)55)68-70(62,63)65-35-37/h12-13,15-16,18-19,21,24,31-32,36-40,44-51,55-58H,3-11,14,17,20,22-23,25-30,33-35H2,1-2H3,(H,62,63)(H2,59,60,61)/b13-12-,16-15-,19-18-,24-21-,32-31+/t36-,37+,38-,39-,40-,44+,45+,46-,47+,48+,49-/m0/s1. The molecule has 0 saturated heterocycles. The number of esters is 2. The number of aliphatic hydroxyl groups is 6. The van der Waals surface area contributed by atoms with E-state index in [9.17, 15) is 68.8 Å². The highest BCUT2D eigenvalue weighted by Gasteiger charge is 2.51. The third-order valence-corrected chi connectivity index (χ3v) is 13.4. The molecule has 12 atom stereocenters. The Labute approximate surface area is 413 Å². The van der Waals surface area contributed by atoms with Crippen molar-refractivity contribution < 1.29 is 91.9 Å². The lowest BCUT2D eigenvalue weighted by atomic mass is 9.83. The van der Waals surface area contributed by atoms with Gasteiger partial charge in [-0.1, -0.05) is 126 Å². The van der Waals surface area contributed by atoms with Crippen molar-refractivity contribution in [3.63, 3.8) is 0 Å². The predicted octanol–water partition coefficient (Wildman–Crippen LogP) is 6.43. The van der Waals surface area contributed by atoms with Gasteiger partial charge < -0.3 is 54.8 Å². The Hall–Kier alpha value is -2.71. The second-order valence-electron chi connectivity index (χ2n) is 18.0. The fourth-order valence-corrected chi connectivity index (χ4v) is 9.45. The molecule has 19 nitrogen and oxygen atoms in total. The van der Waals surface area contributed by atoms with Gasteiger partial charge in [0.25, 0.3) is 0 Å². The van der Waals surface area contributed by atoms with Crippen LogP contribution in [0.5, 0.6) is 0 Å². The molecule has 9 N–H and O–H groups in total. The monoisotopic (exact) mass is 1040 g/mol. The first kappa shape index (κ1) is 63.4. The first-order valence-electron chi connectivity index (χ1n) is 24.9. The van der Waals surface area contributed by atoms with Gasteiger partial charge in [-0.15, -0.1) is 0 Å². The molecule has 1 fully saturated rings. The van der Waals surface area contributed by atoms with Gasteiger partial charge in [0.1, 0.15) is 36.8 Å². The largest absolute Gasteiger partial charge is 0.472 e. The number of fused-ring (bicyclic) bond motifs is 4. The number of ether oxygens (including phenoxy) is 2. The van der Waals surface area contributed by atoms with Gasteiger partial charge in [-0.2, -0.15) is 0 Å². The third kappa shape index (κ3) is 26.8. The Morgan fingerprint density at radius 2 is 1.46 bits per heavy atom. The maximum absolute atomic E-state index is 13.9. The van der Waals surface area contributed by atoms with Gasteiger partial charge >= 0.3 is 27.6 Å². The molecule has 21 heteroatoms. The summed E-state index contributed by atoms with van der Waals surface area (Å²) in [5, 5.41) is 68.1. The van der Waals surface area contributed by atoms with E-state index in [1.165, 1.54) is 44.6 Å². The Morgan fingerprint density at radius 1 is 0.829 bits per heavy atom. The zero-order chi connectivity index (χ0) is 52.0. The van der Waals surface area contributed by atoms with Gasteiger partial charge in [0.05, 0.1) is 36.9 Å². The van der Waals surface area contributed by atoms with E-state index in [4.69, 9.17) is 23.0 Å². The zero-order valence-corrected chi connectivity index (χ0v) is 42.7. The molecule has 2 aliphatic rings. The molecule has 1 aliphatic heterocycles. The number of allylic oxidation sites excluding steroid dienone is 8. The number of phosphoric acid groups is 2. The summed E-state index contributed by atoms with van der Waals surface area (Å²) in [6.45, 7) is 2.48. The maximum Gasteiger partial charge on any atom is 0.472 e. The zero-order valence-electron chi connectivity index (χ0n) is 40.9. The van der Waals surface area contributed by atoms with Gasteiger partial charge in [-0.05, 0) is 64.2 Å². The first-order valence-corrected chi connectivity index (χ1v) is 28.0. The molecule has 2 bridgehead atoms. The van der Waals surface area contributed by atoms with E-state index in [1.54, 1.807) is 6.08 Å². The number of aliphatic hydroxyl groups excluding tert-OH is 6. The van der Waals surface area contributed by atoms with Gasteiger partial charge in [-0.25, -0.2) is 9.13 Å². The van der Waals surface area contributed by atoms with E-state index in [0.717, 1.165) is 37.8 Å². The molecule has 0 aromatic heterocycles. The molecule has 0 radical (unpaired) electrons. The number of carbonyl (C=O) groups excluding carboxylic acids is 3. The lowest BCUT2D eigenvalue weighted by molar-refractivity contribution is -0.165. The summed E-state index contributed by atoms with van der Waals surface area (Å²) in [6, 6.07) is 0. The Bertz CT molecular complexity index is 1750. The second kappa shape index (κ2) is 35.4. The molecule has 1 heterocycles. The van der Waals surface area contributed by atoms with E-state index >= 15 is 0 Å². The Balaban J connectivity index is 2.34. The average Bonchev–Trinajstić information content (AvgIpc) is 3.30. The molecular weight excluding hydrogens is 954 g/mol. The number of phosphoric ester groups is 2. The molecule has 70 heavy (non-hydrogen) atoms. The van der Waals surface area contributed by atoms with Gasteiger partial charge in [0, 0.05) is 25.2 Å². The van der Waals surface area contributed by atoms with E-state index < -0.39 is 120 Å². The molecule has 0 aromatic rings. The molecule has 2 rings (SSSR count). The fourth-order valence-electron chi connectivity index (χ4n) is 7.92.